The third-order valence-corrected chi connectivity index (χ3v) is 6.71. The number of sulfonamides is 1. The Bertz CT molecular complexity index is 1120. The van der Waals surface area contributed by atoms with Crippen molar-refractivity contribution in [3.05, 3.63) is 94.2 Å². The zero-order chi connectivity index (χ0) is 21.7. The normalized spacial score (nSPS) is 11.5. The van der Waals surface area contributed by atoms with Gasteiger partial charge in [-0.15, -0.1) is 0 Å². The van der Waals surface area contributed by atoms with Gasteiger partial charge in [0.05, 0.1) is 11.4 Å². The van der Waals surface area contributed by atoms with Gasteiger partial charge in [-0.3, -0.25) is 4.79 Å². The van der Waals surface area contributed by atoms with Gasteiger partial charge in [0, 0.05) is 16.7 Å². The van der Waals surface area contributed by atoms with Crippen molar-refractivity contribution in [2.24, 2.45) is 0 Å². The Morgan fingerprint density at radius 3 is 2.17 bits per heavy atom. The maximum atomic E-state index is 13.2. The highest BCUT2D eigenvalue weighted by molar-refractivity contribution is 9.10. The van der Waals surface area contributed by atoms with Crippen molar-refractivity contribution in [3.63, 3.8) is 0 Å². The lowest BCUT2D eigenvalue weighted by Crippen LogP contribution is -2.37. The largest absolute Gasteiger partial charge is 0.325 e. The van der Waals surface area contributed by atoms with Crippen LogP contribution in [0.2, 0.25) is 0 Å². The number of nitrogens with zero attached hydrogens (tertiary/aromatic N) is 1. The molecule has 0 saturated carbocycles. The summed E-state index contributed by atoms with van der Waals surface area (Å²) in [5.41, 5.74) is 2.06. The lowest BCUT2D eigenvalue weighted by Gasteiger charge is -2.22. The topological polar surface area (TPSA) is 66.5 Å². The molecule has 1 N–H and O–H groups in total. The molecular formula is C22H20BrFN2O3S. The Morgan fingerprint density at radius 2 is 1.57 bits per heavy atom. The van der Waals surface area contributed by atoms with E-state index in [9.17, 15) is 17.6 Å². The third kappa shape index (κ3) is 5.75. The van der Waals surface area contributed by atoms with Gasteiger partial charge in [0.2, 0.25) is 15.9 Å². The van der Waals surface area contributed by atoms with Crippen molar-refractivity contribution in [3.8, 4) is 0 Å². The van der Waals surface area contributed by atoms with Crippen molar-refractivity contribution in [2.75, 3.05) is 11.9 Å². The number of nitrogens with one attached hydrogen (secondary N) is 1. The SMILES string of the molecule is Cc1ccc(S(=O)(=O)N(CC(=O)Nc2ccc(F)cc2)Cc2ccc(Br)cc2)cc1. The molecule has 0 aliphatic rings. The van der Waals surface area contributed by atoms with Crippen LogP contribution in [0.15, 0.2) is 82.2 Å². The van der Waals surface area contributed by atoms with E-state index in [4.69, 9.17) is 0 Å². The van der Waals surface area contributed by atoms with Crippen molar-refractivity contribution in [1.29, 1.82) is 0 Å². The number of anilines is 1. The first kappa shape index (κ1) is 22.1. The Hall–Kier alpha value is -2.55. The number of hydrogen-bond acceptors (Lipinski definition) is 3. The molecule has 3 rings (SSSR count). The maximum Gasteiger partial charge on any atom is 0.243 e. The minimum atomic E-state index is -3.92. The van der Waals surface area contributed by atoms with E-state index in [1.54, 1.807) is 24.3 Å². The highest BCUT2D eigenvalue weighted by atomic mass is 79.9. The molecule has 30 heavy (non-hydrogen) atoms. The van der Waals surface area contributed by atoms with Crippen LogP contribution in [0.4, 0.5) is 10.1 Å². The fourth-order valence-corrected chi connectivity index (χ4v) is 4.42. The highest BCUT2D eigenvalue weighted by Crippen LogP contribution is 2.20. The lowest BCUT2D eigenvalue weighted by molar-refractivity contribution is -0.116. The summed E-state index contributed by atoms with van der Waals surface area (Å²) in [6.45, 7) is 1.51. The lowest BCUT2D eigenvalue weighted by atomic mass is 10.2. The second kappa shape index (κ2) is 9.51. The number of amides is 1. The van der Waals surface area contributed by atoms with Gasteiger partial charge >= 0.3 is 0 Å². The molecule has 0 heterocycles. The first-order valence-electron chi connectivity index (χ1n) is 9.11. The average molecular weight is 491 g/mol. The number of benzene rings is 3. The number of carbonyl (C=O) groups excluding carboxylic acids is 1. The van der Waals surface area contributed by atoms with E-state index < -0.39 is 21.7 Å². The summed E-state index contributed by atoms with van der Waals surface area (Å²) >= 11 is 3.35. The van der Waals surface area contributed by atoms with Gasteiger partial charge in [-0.1, -0.05) is 45.8 Å². The van der Waals surface area contributed by atoms with Crippen LogP contribution in [0.5, 0.6) is 0 Å². The molecule has 0 spiro atoms. The molecule has 0 radical (unpaired) electrons. The van der Waals surface area contributed by atoms with Crippen LogP contribution >= 0.6 is 15.9 Å². The predicted molar refractivity (Wildman–Crippen MR) is 118 cm³/mol. The van der Waals surface area contributed by atoms with Gasteiger partial charge in [-0.05, 0) is 61.0 Å². The van der Waals surface area contributed by atoms with Crippen LogP contribution in [0, 0.1) is 12.7 Å². The van der Waals surface area contributed by atoms with Crippen LogP contribution < -0.4 is 5.32 Å². The monoisotopic (exact) mass is 490 g/mol. The van der Waals surface area contributed by atoms with Gasteiger partial charge < -0.3 is 5.32 Å². The van der Waals surface area contributed by atoms with E-state index in [2.05, 4.69) is 21.2 Å². The molecular weight excluding hydrogens is 471 g/mol. The van der Waals surface area contributed by atoms with Crippen LogP contribution in [0.1, 0.15) is 11.1 Å². The fraction of sp³-hybridized carbons (Fsp3) is 0.136. The van der Waals surface area contributed by atoms with Gasteiger partial charge in [0.15, 0.2) is 0 Å². The number of carbonyl (C=O) groups is 1. The summed E-state index contributed by atoms with van der Waals surface area (Å²) in [5.74, 6) is -0.943. The molecule has 3 aromatic carbocycles. The van der Waals surface area contributed by atoms with E-state index in [1.807, 2.05) is 19.1 Å². The number of halogens is 2. The predicted octanol–water partition coefficient (Wildman–Crippen LogP) is 4.73. The van der Waals surface area contributed by atoms with Crippen LogP contribution in [-0.4, -0.2) is 25.2 Å². The minimum Gasteiger partial charge on any atom is -0.325 e. The summed E-state index contributed by atoms with van der Waals surface area (Å²) in [7, 11) is -3.92. The summed E-state index contributed by atoms with van der Waals surface area (Å²) in [6, 6.07) is 19.0. The summed E-state index contributed by atoms with van der Waals surface area (Å²) in [5, 5.41) is 2.61. The first-order valence-corrected chi connectivity index (χ1v) is 11.3. The fourth-order valence-electron chi connectivity index (χ4n) is 2.77. The Balaban J connectivity index is 1.86. The van der Waals surface area contributed by atoms with Crippen molar-refractivity contribution < 1.29 is 17.6 Å². The molecule has 3 aromatic rings. The zero-order valence-electron chi connectivity index (χ0n) is 16.2. The van der Waals surface area contributed by atoms with E-state index in [0.29, 0.717) is 5.69 Å². The Labute approximate surface area is 183 Å². The summed E-state index contributed by atoms with van der Waals surface area (Å²) < 4.78 is 41.5. The Kier molecular flexibility index (Phi) is 7.02. The standard InChI is InChI=1S/C22H20BrFN2O3S/c1-16-2-12-21(13-3-16)30(28,29)26(14-17-4-6-18(23)7-5-17)15-22(27)25-20-10-8-19(24)9-11-20/h2-13H,14-15H2,1H3,(H,25,27). The molecule has 0 saturated heterocycles. The van der Waals surface area contributed by atoms with E-state index in [-0.39, 0.29) is 18.0 Å². The zero-order valence-corrected chi connectivity index (χ0v) is 18.6. The van der Waals surface area contributed by atoms with E-state index >= 15 is 0 Å². The maximum absolute atomic E-state index is 13.2. The highest BCUT2D eigenvalue weighted by Gasteiger charge is 2.27. The first-order chi connectivity index (χ1) is 14.2. The molecule has 0 unspecified atom stereocenters. The van der Waals surface area contributed by atoms with Crippen LogP contribution in [0.25, 0.3) is 0 Å². The smallest absolute Gasteiger partial charge is 0.243 e. The van der Waals surface area contributed by atoms with Crippen LogP contribution in [-0.2, 0) is 21.4 Å². The number of rotatable bonds is 7. The average Bonchev–Trinajstić information content (AvgIpc) is 2.71. The minimum absolute atomic E-state index is 0.0281. The molecule has 0 bridgehead atoms. The second-order valence-electron chi connectivity index (χ2n) is 6.77. The van der Waals surface area contributed by atoms with E-state index in [0.717, 1.165) is 19.9 Å². The summed E-state index contributed by atoms with van der Waals surface area (Å²) in [4.78, 5) is 12.7. The molecule has 156 valence electrons. The van der Waals surface area contributed by atoms with Gasteiger partial charge in [0.1, 0.15) is 5.82 Å². The molecule has 0 aromatic heterocycles. The van der Waals surface area contributed by atoms with Crippen molar-refractivity contribution >= 4 is 37.5 Å². The van der Waals surface area contributed by atoms with E-state index in [1.165, 1.54) is 36.4 Å². The molecule has 8 heteroatoms. The van der Waals surface area contributed by atoms with Crippen molar-refractivity contribution in [2.45, 2.75) is 18.4 Å². The van der Waals surface area contributed by atoms with Crippen molar-refractivity contribution in [1.82, 2.24) is 4.31 Å². The number of aryl methyl sites for hydroxylation is 1. The molecule has 5 nitrogen and oxygen atoms in total. The third-order valence-electron chi connectivity index (χ3n) is 4.38. The Morgan fingerprint density at radius 1 is 0.967 bits per heavy atom. The second-order valence-corrected chi connectivity index (χ2v) is 9.62. The van der Waals surface area contributed by atoms with Crippen LogP contribution in [0.3, 0.4) is 0 Å². The summed E-state index contributed by atoms with van der Waals surface area (Å²) in [6.07, 6.45) is 0. The van der Waals surface area contributed by atoms with Gasteiger partial charge in [-0.2, -0.15) is 4.31 Å². The molecule has 0 aliphatic carbocycles. The van der Waals surface area contributed by atoms with Gasteiger partial charge in [-0.25, -0.2) is 12.8 Å². The molecule has 0 fully saturated rings. The van der Waals surface area contributed by atoms with Gasteiger partial charge in [0.25, 0.3) is 0 Å². The molecule has 0 atom stereocenters. The quantitative estimate of drug-likeness (QED) is 0.520. The number of hydrogen-bond donors (Lipinski definition) is 1. The molecule has 1 amide bonds. The molecule has 0 aliphatic heterocycles.